The van der Waals surface area contributed by atoms with Crippen molar-refractivity contribution in [3.05, 3.63) is 29.8 Å². The second-order valence-corrected chi connectivity index (χ2v) is 8.63. The molecule has 0 saturated carbocycles. The molecular weight excluding hydrogens is 368 g/mol. The summed E-state index contributed by atoms with van der Waals surface area (Å²) in [6.07, 6.45) is 1.53. The predicted octanol–water partition coefficient (Wildman–Crippen LogP) is 0.0961. The number of benzene rings is 1. The van der Waals surface area contributed by atoms with E-state index in [0.717, 1.165) is 17.7 Å². The smallest absolute Gasteiger partial charge is 0.222 e. The first-order chi connectivity index (χ1) is 12.9. The molecule has 1 aromatic carbocycles. The van der Waals surface area contributed by atoms with E-state index in [1.165, 1.54) is 0 Å². The van der Waals surface area contributed by atoms with Crippen LogP contribution in [-0.2, 0) is 21.1 Å². The van der Waals surface area contributed by atoms with Crippen molar-refractivity contribution in [1.82, 2.24) is 16.0 Å². The third-order valence-electron chi connectivity index (χ3n) is 4.34. The van der Waals surface area contributed by atoms with Crippen molar-refractivity contribution in [1.29, 1.82) is 0 Å². The molecule has 0 aliphatic carbocycles. The minimum Gasteiger partial charge on any atom is -0.496 e. The number of hydrogen-bond donors (Lipinski definition) is 3. The van der Waals surface area contributed by atoms with Crippen LogP contribution < -0.4 is 20.7 Å². The van der Waals surface area contributed by atoms with Gasteiger partial charge in [-0.2, -0.15) is 0 Å². The first-order valence-electron chi connectivity index (χ1n) is 8.99. The summed E-state index contributed by atoms with van der Waals surface area (Å²) in [5.74, 6) is 1.50. The van der Waals surface area contributed by atoms with Crippen molar-refractivity contribution in [3.63, 3.8) is 0 Å². The monoisotopic (exact) mass is 396 g/mol. The van der Waals surface area contributed by atoms with Crippen molar-refractivity contribution in [2.45, 2.75) is 25.3 Å². The Kier molecular flexibility index (Phi) is 7.90. The lowest BCUT2D eigenvalue weighted by Crippen LogP contribution is -2.41. The Bertz CT molecular complexity index is 764. The lowest BCUT2D eigenvalue weighted by Gasteiger charge is -2.14. The van der Waals surface area contributed by atoms with Gasteiger partial charge in [0.25, 0.3) is 0 Å². The lowest BCUT2D eigenvalue weighted by atomic mass is 10.1. The molecule has 1 heterocycles. The quantitative estimate of drug-likeness (QED) is 0.425. The van der Waals surface area contributed by atoms with E-state index in [1.54, 1.807) is 14.2 Å². The fourth-order valence-corrected chi connectivity index (χ4v) is 4.62. The van der Waals surface area contributed by atoms with E-state index < -0.39 is 9.84 Å². The number of carbonyl (C=O) groups excluding carboxylic acids is 1. The van der Waals surface area contributed by atoms with E-state index in [9.17, 15) is 13.2 Å². The van der Waals surface area contributed by atoms with Gasteiger partial charge in [-0.05, 0) is 24.5 Å². The van der Waals surface area contributed by atoms with E-state index in [0.29, 0.717) is 25.5 Å². The number of nitrogens with zero attached hydrogens (tertiary/aromatic N) is 1. The molecule has 1 aromatic rings. The number of rotatable bonds is 8. The highest BCUT2D eigenvalue weighted by Crippen LogP contribution is 2.17. The maximum atomic E-state index is 11.9. The average Bonchev–Trinajstić information content (AvgIpc) is 2.99. The van der Waals surface area contributed by atoms with Crippen LogP contribution in [0.2, 0.25) is 0 Å². The molecule has 1 atom stereocenters. The number of nitrogens with one attached hydrogen (secondary N) is 3. The van der Waals surface area contributed by atoms with E-state index in [2.05, 4.69) is 20.9 Å². The average molecular weight is 397 g/mol. The van der Waals surface area contributed by atoms with Crippen LogP contribution in [0.25, 0.3) is 0 Å². The number of methoxy groups -OCH3 is 1. The second kappa shape index (κ2) is 10.1. The largest absolute Gasteiger partial charge is 0.496 e. The molecule has 1 unspecified atom stereocenters. The Labute approximate surface area is 160 Å². The molecule has 0 radical (unpaired) electrons. The summed E-state index contributed by atoms with van der Waals surface area (Å²) in [7, 11) is 0.334. The molecule has 3 N–H and O–H groups in total. The number of guanidine groups is 1. The molecule has 0 aromatic heterocycles. The standard InChI is InChI=1S/C18H28N4O4S/c1-19-18(20-10-7-14-5-3-4-6-16(14)26-2)21-11-8-17(23)22-15-9-12-27(24,25)13-15/h3-6,15H,7-13H2,1-2H3,(H,22,23)(H2,19,20,21). The van der Waals surface area contributed by atoms with Crippen LogP contribution in [0.3, 0.4) is 0 Å². The van der Waals surface area contributed by atoms with Crippen molar-refractivity contribution >= 4 is 21.7 Å². The SMILES string of the molecule is CN=C(NCCC(=O)NC1CCS(=O)(=O)C1)NCCc1ccccc1OC. The molecule has 9 heteroatoms. The minimum absolute atomic E-state index is 0.0400. The summed E-state index contributed by atoms with van der Waals surface area (Å²) in [6.45, 7) is 1.09. The summed E-state index contributed by atoms with van der Waals surface area (Å²) in [6, 6.07) is 7.59. The number of para-hydroxylation sites is 1. The van der Waals surface area contributed by atoms with Crippen molar-refractivity contribution < 1.29 is 17.9 Å². The molecule has 0 spiro atoms. The highest BCUT2D eigenvalue weighted by atomic mass is 32.2. The van der Waals surface area contributed by atoms with E-state index in [-0.39, 0.29) is 29.9 Å². The summed E-state index contributed by atoms with van der Waals surface area (Å²) in [5, 5.41) is 9.06. The van der Waals surface area contributed by atoms with E-state index in [4.69, 9.17) is 4.74 Å². The number of hydrogen-bond acceptors (Lipinski definition) is 5. The van der Waals surface area contributed by atoms with Gasteiger partial charge < -0.3 is 20.7 Å². The van der Waals surface area contributed by atoms with Crippen LogP contribution >= 0.6 is 0 Å². The molecule has 8 nitrogen and oxygen atoms in total. The summed E-state index contributed by atoms with van der Waals surface area (Å²) in [4.78, 5) is 16.1. The third-order valence-corrected chi connectivity index (χ3v) is 6.11. The lowest BCUT2D eigenvalue weighted by molar-refractivity contribution is -0.121. The molecular formula is C18H28N4O4S. The number of ether oxygens (including phenoxy) is 1. The van der Waals surface area contributed by atoms with Crippen molar-refractivity contribution in [2.24, 2.45) is 4.99 Å². The number of carbonyl (C=O) groups is 1. The highest BCUT2D eigenvalue weighted by Gasteiger charge is 2.28. The molecule has 1 amide bonds. The molecule has 1 aliphatic heterocycles. The molecule has 1 aliphatic rings. The maximum Gasteiger partial charge on any atom is 0.222 e. The highest BCUT2D eigenvalue weighted by molar-refractivity contribution is 7.91. The Morgan fingerprint density at radius 2 is 2.00 bits per heavy atom. The van der Waals surface area contributed by atoms with Gasteiger partial charge in [-0.1, -0.05) is 18.2 Å². The second-order valence-electron chi connectivity index (χ2n) is 6.41. The minimum atomic E-state index is -2.99. The van der Waals surface area contributed by atoms with Crippen LogP contribution in [0.4, 0.5) is 0 Å². The van der Waals surface area contributed by atoms with Crippen molar-refractivity contribution in [3.8, 4) is 5.75 Å². The summed E-state index contributed by atoms with van der Waals surface area (Å²) in [5.41, 5.74) is 1.11. The van der Waals surface area contributed by atoms with Gasteiger partial charge in [-0.25, -0.2) is 8.42 Å². The first kappa shape index (κ1) is 21.0. The maximum absolute atomic E-state index is 11.9. The van der Waals surface area contributed by atoms with Gasteiger partial charge in [0, 0.05) is 32.6 Å². The zero-order chi connectivity index (χ0) is 19.7. The molecule has 1 saturated heterocycles. The molecule has 2 rings (SSSR count). The number of aliphatic imine (C=N–C) groups is 1. The third kappa shape index (κ3) is 7.09. The Morgan fingerprint density at radius 3 is 2.67 bits per heavy atom. The van der Waals surface area contributed by atoms with E-state index >= 15 is 0 Å². The summed E-state index contributed by atoms with van der Waals surface area (Å²) >= 11 is 0. The fourth-order valence-electron chi connectivity index (χ4n) is 2.95. The van der Waals surface area contributed by atoms with Gasteiger partial charge in [-0.3, -0.25) is 9.79 Å². The van der Waals surface area contributed by atoms with Gasteiger partial charge in [-0.15, -0.1) is 0 Å². The Morgan fingerprint density at radius 1 is 1.26 bits per heavy atom. The van der Waals surface area contributed by atoms with Crippen LogP contribution in [-0.4, -0.2) is 65.1 Å². The van der Waals surface area contributed by atoms with Gasteiger partial charge in [0.1, 0.15) is 5.75 Å². The Hall–Kier alpha value is -2.29. The van der Waals surface area contributed by atoms with Crippen LogP contribution in [0.15, 0.2) is 29.3 Å². The molecule has 27 heavy (non-hydrogen) atoms. The zero-order valence-electron chi connectivity index (χ0n) is 15.8. The topological polar surface area (TPSA) is 109 Å². The number of sulfone groups is 1. The number of amides is 1. The van der Waals surface area contributed by atoms with Crippen LogP contribution in [0.5, 0.6) is 5.75 Å². The molecule has 150 valence electrons. The van der Waals surface area contributed by atoms with Gasteiger partial charge in [0.15, 0.2) is 15.8 Å². The first-order valence-corrected chi connectivity index (χ1v) is 10.8. The van der Waals surface area contributed by atoms with Gasteiger partial charge >= 0.3 is 0 Å². The predicted molar refractivity (Wildman–Crippen MR) is 106 cm³/mol. The zero-order valence-corrected chi connectivity index (χ0v) is 16.6. The van der Waals surface area contributed by atoms with Gasteiger partial charge in [0.05, 0.1) is 18.6 Å². The van der Waals surface area contributed by atoms with Crippen LogP contribution in [0, 0.1) is 0 Å². The van der Waals surface area contributed by atoms with Gasteiger partial charge in [0.2, 0.25) is 5.91 Å². The fraction of sp³-hybridized carbons (Fsp3) is 0.556. The summed E-state index contributed by atoms with van der Waals surface area (Å²) < 4.78 is 28.2. The van der Waals surface area contributed by atoms with Crippen molar-refractivity contribution in [2.75, 3.05) is 38.8 Å². The normalized spacial score (nSPS) is 18.7. The van der Waals surface area contributed by atoms with Crippen LogP contribution in [0.1, 0.15) is 18.4 Å². The van der Waals surface area contributed by atoms with E-state index in [1.807, 2.05) is 24.3 Å². The molecule has 0 bridgehead atoms. The Balaban J connectivity index is 1.66. The molecule has 1 fully saturated rings.